The van der Waals surface area contributed by atoms with Crippen LogP contribution in [0.3, 0.4) is 0 Å². The van der Waals surface area contributed by atoms with Crippen molar-refractivity contribution in [3.8, 4) is 0 Å². The summed E-state index contributed by atoms with van der Waals surface area (Å²) in [7, 11) is 0. The molecule has 0 aliphatic carbocycles. The van der Waals surface area contributed by atoms with Crippen molar-refractivity contribution >= 4 is 23.2 Å². The second kappa shape index (κ2) is 5.41. The molecule has 0 saturated heterocycles. The number of halogens is 2. The first-order chi connectivity index (χ1) is 8.97. The van der Waals surface area contributed by atoms with Crippen molar-refractivity contribution in [2.45, 2.75) is 13.8 Å². The summed E-state index contributed by atoms with van der Waals surface area (Å²) in [5.74, 6) is -0.611. The Hall–Kier alpha value is -1.87. The highest BCUT2D eigenvalue weighted by atomic mass is 35.5. The Kier molecular flexibility index (Phi) is 3.86. The summed E-state index contributed by atoms with van der Waals surface area (Å²) in [6.45, 7) is 3.56. The van der Waals surface area contributed by atoms with Gasteiger partial charge in [0, 0.05) is 16.3 Å². The summed E-state index contributed by atoms with van der Waals surface area (Å²) < 4.78 is 13.0. The molecular formula is C15H13ClFNO. The Balaban J connectivity index is 2.25. The lowest BCUT2D eigenvalue weighted by Crippen LogP contribution is -2.14. The first-order valence-corrected chi connectivity index (χ1v) is 6.19. The van der Waals surface area contributed by atoms with E-state index in [0.717, 1.165) is 5.56 Å². The maximum absolute atomic E-state index is 13.0. The van der Waals surface area contributed by atoms with Crippen LogP contribution in [0.15, 0.2) is 36.4 Å². The fourth-order valence-electron chi connectivity index (χ4n) is 1.84. The summed E-state index contributed by atoms with van der Waals surface area (Å²) in [5, 5.41) is 3.41. The molecule has 0 aromatic heterocycles. The van der Waals surface area contributed by atoms with Gasteiger partial charge in [0.2, 0.25) is 0 Å². The van der Waals surface area contributed by atoms with Crippen molar-refractivity contribution in [2.24, 2.45) is 0 Å². The first-order valence-electron chi connectivity index (χ1n) is 5.81. The van der Waals surface area contributed by atoms with Crippen LogP contribution in [0.5, 0.6) is 0 Å². The van der Waals surface area contributed by atoms with Crippen LogP contribution in [0.1, 0.15) is 21.5 Å². The topological polar surface area (TPSA) is 29.1 Å². The molecule has 0 heterocycles. The largest absolute Gasteiger partial charge is 0.322 e. The molecule has 0 aliphatic rings. The second-order valence-corrected chi connectivity index (χ2v) is 4.81. The van der Waals surface area contributed by atoms with Gasteiger partial charge >= 0.3 is 0 Å². The minimum atomic E-state index is -0.350. The van der Waals surface area contributed by atoms with Gasteiger partial charge in [-0.1, -0.05) is 11.6 Å². The second-order valence-electron chi connectivity index (χ2n) is 4.37. The lowest BCUT2D eigenvalue weighted by molar-refractivity contribution is 0.102. The van der Waals surface area contributed by atoms with E-state index in [2.05, 4.69) is 5.32 Å². The van der Waals surface area contributed by atoms with E-state index in [0.29, 0.717) is 21.8 Å². The fourth-order valence-corrected chi connectivity index (χ4v) is 2.07. The van der Waals surface area contributed by atoms with Gasteiger partial charge < -0.3 is 5.32 Å². The first kappa shape index (κ1) is 13.6. The van der Waals surface area contributed by atoms with E-state index < -0.39 is 0 Å². The molecule has 0 spiro atoms. The van der Waals surface area contributed by atoms with Crippen LogP contribution >= 0.6 is 11.6 Å². The monoisotopic (exact) mass is 277 g/mol. The Morgan fingerprint density at radius 3 is 2.47 bits per heavy atom. The van der Waals surface area contributed by atoms with Crippen LogP contribution in [0, 0.1) is 19.7 Å². The quantitative estimate of drug-likeness (QED) is 0.869. The van der Waals surface area contributed by atoms with Gasteiger partial charge in [0.25, 0.3) is 5.91 Å². The standard InChI is InChI=1S/C15H13ClFNO/c1-9-8-12(17)4-5-13(9)15(19)18-14-6-3-11(16)7-10(14)2/h3-8H,1-2H3,(H,18,19). The highest BCUT2D eigenvalue weighted by Crippen LogP contribution is 2.21. The van der Waals surface area contributed by atoms with E-state index in [1.807, 2.05) is 6.92 Å². The number of carbonyl (C=O) groups is 1. The van der Waals surface area contributed by atoms with E-state index >= 15 is 0 Å². The number of nitrogens with one attached hydrogen (secondary N) is 1. The molecule has 2 aromatic carbocycles. The lowest BCUT2D eigenvalue weighted by Gasteiger charge is -2.10. The van der Waals surface area contributed by atoms with E-state index in [9.17, 15) is 9.18 Å². The summed E-state index contributed by atoms with van der Waals surface area (Å²) in [6.07, 6.45) is 0. The van der Waals surface area contributed by atoms with Crippen molar-refractivity contribution < 1.29 is 9.18 Å². The van der Waals surface area contributed by atoms with Crippen molar-refractivity contribution in [1.82, 2.24) is 0 Å². The number of hydrogen-bond donors (Lipinski definition) is 1. The third-order valence-corrected chi connectivity index (χ3v) is 3.10. The van der Waals surface area contributed by atoms with Gasteiger partial charge in [-0.15, -0.1) is 0 Å². The molecule has 4 heteroatoms. The van der Waals surface area contributed by atoms with Gasteiger partial charge in [0.1, 0.15) is 5.82 Å². The van der Waals surface area contributed by atoms with Gasteiger partial charge in [-0.25, -0.2) is 4.39 Å². The molecule has 2 rings (SSSR count). The van der Waals surface area contributed by atoms with Crippen molar-refractivity contribution in [2.75, 3.05) is 5.32 Å². The van der Waals surface area contributed by atoms with Crippen LogP contribution in [0.4, 0.5) is 10.1 Å². The van der Waals surface area contributed by atoms with E-state index in [1.54, 1.807) is 25.1 Å². The molecule has 0 bridgehead atoms. The zero-order valence-corrected chi connectivity index (χ0v) is 11.4. The number of anilines is 1. The normalized spacial score (nSPS) is 10.3. The minimum Gasteiger partial charge on any atom is -0.322 e. The molecule has 0 aliphatic heterocycles. The Bertz CT molecular complexity index is 640. The molecule has 2 aromatic rings. The van der Waals surface area contributed by atoms with E-state index in [1.165, 1.54) is 18.2 Å². The average Bonchev–Trinajstić information content (AvgIpc) is 2.32. The van der Waals surface area contributed by atoms with E-state index in [4.69, 9.17) is 11.6 Å². The lowest BCUT2D eigenvalue weighted by atomic mass is 10.1. The molecule has 0 saturated carbocycles. The molecule has 1 N–H and O–H groups in total. The maximum Gasteiger partial charge on any atom is 0.255 e. The Labute approximate surface area is 116 Å². The van der Waals surface area contributed by atoms with Crippen LogP contribution < -0.4 is 5.32 Å². The molecule has 2 nitrogen and oxygen atoms in total. The van der Waals surface area contributed by atoms with Crippen molar-refractivity contribution in [3.05, 3.63) is 63.9 Å². The minimum absolute atomic E-state index is 0.261. The number of benzene rings is 2. The molecule has 0 radical (unpaired) electrons. The van der Waals surface area contributed by atoms with Gasteiger partial charge in [-0.2, -0.15) is 0 Å². The molecule has 0 unspecified atom stereocenters. The smallest absolute Gasteiger partial charge is 0.255 e. The SMILES string of the molecule is Cc1cc(Cl)ccc1NC(=O)c1ccc(F)cc1C. The summed E-state index contributed by atoms with van der Waals surface area (Å²) in [4.78, 5) is 12.1. The number of aryl methyl sites for hydroxylation is 2. The van der Waals surface area contributed by atoms with Crippen LogP contribution in [0.2, 0.25) is 5.02 Å². The van der Waals surface area contributed by atoms with Gasteiger partial charge in [0.15, 0.2) is 0 Å². The van der Waals surface area contributed by atoms with Crippen molar-refractivity contribution in [1.29, 1.82) is 0 Å². The molecule has 19 heavy (non-hydrogen) atoms. The Morgan fingerprint density at radius 1 is 1.11 bits per heavy atom. The molecular weight excluding hydrogens is 265 g/mol. The van der Waals surface area contributed by atoms with Crippen LogP contribution in [-0.4, -0.2) is 5.91 Å². The summed E-state index contributed by atoms with van der Waals surface area (Å²) in [5.41, 5.74) is 2.62. The molecule has 1 amide bonds. The van der Waals surface area contributed by atoms with Gasteiger partial charge in [-0.05, 0) is 61.4 Å². The highest BCUT2D eigenvalue weighted by Gasteiger charge is 2.11. The molecule has 0 atom stereocenters. The van der Waals surface area contributed by atoms with Crippen molar-refractivity contribution in [3.63, 3.8) is 0 Å². The molecule has 98 valence electrons. The average molecular weight is 278 g/mol. The Morgan fingerprint density at radius 2 is 1.84 bits per heavy atom. The third kappa shape index (κ3) is 3.12. The van der Waals surface area contributed by atoms with Crippen LogP contribution in [0.25, 0.3) is 0 Å². The number of amides is 1. The zero-order valence-electron chi connectivity index (χ0n) is 10.6. The molecule has 0 fully saturated rings. The fraction of sp³-hybridized carbons (Fsp3) is 0.133. The third-order valence-electron chi connectivity index (χ3n) is 2.87. The van der Waals surface area contributed by atoms with E-state index in [-0.39, 0.29) is 11.7 Å². The number of rotatable bonds is 2. The van der Waals surface area contributed by atoms with Crippen LogP contribution in [-0.2, 0) is 0 Å². The predicted molar refractivity (Wildman–Crippen MR) is 75.3 cm³/mol. The number of hydrogen-bond acceptors (Lipinski definition) is 1. The predicted octanol–water partition coefficient (Wildman–Crippen LogP) is 4.35. The van der Waals surface area contributed by atoms with Gasteiger partial charge in [0.05, 0.1) is 0 Å². The summed E-state index contributed by atoms with van der Waals surface area (Å²) >= 11 is 5.86. The maximum atomic E-state index is 13.0. The van der Waals surface area contributed by atoms with Gasteiger partial charge in [-0.3, -0.25) is 4.79 Å². The number of carbonyl (C=O) groups excluding carboxylic acids is 1. The highest BCUT2D eigenvalue weighted by molar-refractivity contribution is 6.30. The zero-order chi connectivity index (χ0) is 14.0. The summed E-state index contributed by atoms with van der Waals surface area (Å²) in [6, 6.07) is 9.32.